The maximum absolute atomic E-state index is 12.4. The van der Waals surface area contributed by atoms with Gasteiger partial charge < -0.3 is 5.73 Å². The van der Waals surface area contributed by atoms with Crippen LogP contribution in [0, 0.1) is 0 Å². The Kier molecular flexibility index (Phi) is 4.91. The van der Waals surface area contributed by atoms with Crippen molar-refractivity contribution < 1.29 is 4.21 Å². The molecule has 0 amide bonds. The van der Waals surface area contributed by atoms with Crippen LogP contribution in [0.2, 0.25) is 0 Å². The van der Waals surface area contributed by atoms with E-state index in [4.69, 9.17) is 5.73 Å². The molecule has 2 rings (SSSR count). The number of hydrogen-bond acceptors (Lipinski definition) is 3. The molecule has 3 unspecified atom stereocenters. The molecule has 1 heterocycles. The van der Waals surface area contributed by atoms with Crippen molar-refractivity contribution >= 4 is 22.1 Å². The second kappa shape index (κ2) is 6.46. The quantitative estimate of drug-likeness (QED) is 0.916. The van der Waals surface area contributed by atoms with E-state index in [0.29, 0.717) is 0 Å². The monoisotopic (exact) mass is 293 g/mol. The highest BCUT2D eigenvalue weighted by Crippen LogP contribution is 2.25. The summed E-state index contributed by atoms with van der Waals surface area (Å²) >= 11 is 1.52. The maximum Gasteiger partial charge on any atom is 0.0914 e. The molecule has 0 aliphatic heterocycles. The zero-order chi connectivity index (χ0) is 13.8. The molecule has 0 spiro atoms. The van der Waals surface area contributed by atoms with Gasteiger partial charge in [0.05, 0.1) is 20.3 Å². The molecule has 0 aliphatic rings. The third-order valence-corrected chi connectivity index (χ3v) is 6.25. The summed E-state index contributed by atoms with van der Waals surface area (Å²) in [6.45, 7) is 4.08. The van der Waals surface area contributed by atoms with E-state index in [-0.39, 0.29) is 11.3 Å². The van der Waals surface area contributed by atoms with Gasteiger partial charge in [0.2, 0.25) is 0 Å². The molecular weight excluding hydrogens is 274 g/mol. The van der Waals surface area contributed by atoms with Crippen molar-refractivity contribution in [2.24, 2.45) is 5.73 Å². The minimum Gasteiger partial charge on any atom is -0.323 e. The van der Waals surface area contributed by atoms with Crippen LogP contribution in [0.15, 0.2) is 46.0 Å². The van der Waals surface area contributed by atoms with Crippen LogP contribution in [0.4, 0.5) is 0 Å². The van der Waals surface area contributed by atoms with Crippen molar-refractivity contribution in [2.75, 3.05) is 0 Å². The predicted octanol–water partition coefficient (Wildman–Crippen LogP) is 3.51. The molecule has 0 saturated heterocycles. The number of aryl methyl sites for hydroxylation is 1. The van der Waals surface area contributed by atoms with Crippen LogP contribution in [0.25, 0.3) is 0 Å². The molecule has 2 N–H and O–H groups in total. The topological polar surface area (TPSA) is 43.1 Å². The van der Waals surface area contributed by atoms with Gasteiger partial charge in [-0.05, 0) is 35.9 Å². The van der Waals surface area contributed by atoms with Gasteiger partial charge in [-0.2, -0.15) is 0 Å². The van der Waals surface area contributed by atoms with Crippen molar-refractivity contribution in [3.05, 3.63) is 52.9 Å². The lowest BCUT2D eigenvalue weighted by molar-refractivity contribution is 0.644. The van der Waals surface area contributed by atoms with Gasteiger partial charge in [-0.3, -0.25) is 4.21 Å². The summed E-state index contributed by atoms with van der Waals surface area (Å²) in [5, 5.41) is 1.85. The molecule has 1 aromatic heterocycles. The largest absolute Gasteiger partial charge is 0.323 e. The second-order valence-electron chi connectivity index (χ2n) is 4.56. The van der Waals surface area contributed by atoms with Gasteiger partial charge in [-0.1, -0.05) is 37.3 Å². The van der Waals surface area contributed by atoms with Gasteiger partial charge >= 0.3 is 0 Å². The summed E-state index contributed by atoms with van der Waals surface area (Å²) in [6, 6.07) is 11.9. The van der Waals surface area contributed by atoms with Crippen molar-refractivity contribution in [2.45, 2.75) is 35.8 Å². The van der Waals surface area contributed by atoms with Crippen LogP contribution in [0.1, 0.15) is 31.0 Å². The van der Waals surface area contributed by atoms with Crippen LogP contribution in [0.3, 0.4) is 0 Å². The van der Waals surface area contributed by atoms with Gasteiger partial charge in [0.15, 0.2) is 0 Å². The number of thiophene rings is 1. The SMILES string of the molecule is CCc1ccc(C(N)C(C)S(=O)c2cccs2)cc1. The summed E-state index contributed by atoms with van der Waals surface area (Å²) in [4.78, 5) is 0. The van der Waals surface area contributed by atoms with Crippen molar-refractivity contribution in [1.82, 2.24) is 0 Å². The summed E-state index contributed by atoms with van der Waals surface area (Å²) in [5.41, 5.74) is 8.59. The minimum atomic E-state index is -1.04. The predicted molar refractivity (Wildman–Crippen MR) is 82.9 cm³/mol. The van der Waals surface area contributed by atoms with Gasteiger partial charge in [0, 0.05) is 6.04 Å². The average Bonchev–Trinajstić information content (AvgIpc) is 2.99. The summed E-state index contributed by atoms with van der Waals surface area (Å²) in [5.74, 6) is 0. The van der Waals surface area contributed by atoms with E-state index in [9.17, 15) is 4.21 Å². The number of hydrogen-bond donors (Lipinski definition) is 1. The van der Waals surface area contributed by atoms with E-state index < -0.39 is 10.8 Å². The van der Waals surface area contributed by atoms with Crippen LogP contribution in [-0.4, -0.2) is 9.46 Å². The molecule has 0 fully saturated rings. The Morgan fingerprint density at radius 1 is 1.26 bits per heavy atom. The Labute approximate surface area is 121 Å². The van der Waals surface area contributed by atoms with Gasteiger partial charge in [0.25, 0.3) is 0 Å². The third-order valence-electron chi connectivity index (χ3n) is 3.31. The van der Waals surface area contributed by atoms with E-state index in [1.165, 1.54) is 16.9 Å². The molecule has 19 heavy (non-hydrogen) atoms. The normalized spacial score (nSPS) is 15.9. The molecule has 1 aromatic carbocycles. The highest BCUT2D eigenvalue weighted by atomic mass is 32.2. The first-order valence-corrected chi connectivity index (χ1v) is 8.51. The highest BCUT2D eigenvalue weighted by Gasteiger charge is 2.22. The third kappa shape index (κ3) is 3.32. The highest BCUT2D eigenvalue weighted by molar-refractivity contribution is 7.87. The Morgan fingerprint density at radius 3 is 2.47 bits per heavy atom. The molecule has 2 nitrogen and oxygen atoms in total. The van der Waals surface area contributed by atoms with Gasteiger partial charge in [0.1, 0.15) is 0 Å². The standard InChI is InChI=1S/C15H19NOS2/c1-3-12-6-8-13(9-7-12)15(16)11(2)19(17)14-5-4-10-18-14/h4-11,15H,3,16H2,1-2H3. The molecule has 4 heteroatoms. The van der Waals surface area contributed by atoms with Gasteiger partial charge in [-0.25, -0.2) is 0 Å². The fraction of sp³-hybridized carbons (Fsp3) is 0.333. The molecule has 0 radical (unpaired) electrons. The number of nitrogens with two attached hydrogens (primary N) is 1. The fourth-order valence-corrected chi connectivity index (χ4v) is 4.39. The Morgan fingerprint density at radius 2 is 1.95 bits per heavy atom. The first kappa shape index (κ1) is 14.4. The van der Waals surface area contributed by atoms with Crippen molar-refractivity contribution in [3.63, 3.8) is 0 Å². The maximum atomic E-state index is 12.4. The molecule has 102 valence electrons. The fourth-order valence-electron chi connectivity index (χ4n) is 1.94. The summed E-state index contributed by atoms with van der Waals surface area (Å²) in [6.07, 6.45) is 1.02. The first-order valence-electron chi connectivity index (χ1n) is 6.42. The molecule has 3 atom stereocenters. The van der Waals surface area contributed by atoms with Crippen molar-refractivity contribution in [3.8, 4) is 0 Å². The molecular formula is C15H19NOS2. The van der Waals surface area contributed by atoms with Crippen LogP contribution in [-0.2, 0) is 17.2 Å². The van der Waals surface area contributed by atoms with E-state index in [2.05, 4.69) is 19.1 Å². The van der Waals surface area contributed by atoms with Crippen molar-refractivity contribution in [1.29, 1.82) is 0 Å². The Hall–Kier alpha value is -0.970. The molecule has 0 saturated carbocycles. The molecule has 0 bridgehead atoms. The van der Waals surface area contributed by atoms with Crippen LogP contribution < -0.4 is 5.73 Å². The summed E-state index contributed by atoms with van der Waals surface area (Å²) < 4.78 is 13.3. The first-order chi connectivity index (χ1) is 9.13. The van der Waals surface area contributed by atoms with E-state index >= 15 is 0 Å². The Balaban J connectivity index is 2.13. The Bertz CT molecular complexity index is 534. The smallest absolute Gasteiger partial charge is 0.0914 e. The van der Waals surface area contributed by atoms with Gasteiger partial charge in [-0.15, -0.1) is 11.3 Å². The second-order valence-corrected chi connectivity index (χ2v) is 7.54. The van der Waals surface area contributed by atoms with E-state index in [0.717, 1.165) is 16.2 Å². The number of benzene rings is 1. The lowest BCUT2D eigenvalue weighted by atomic mass is 10.0. The minimum absolute atomic E-state index is 0.0915. The number of rotatable bonds is 5. The lowest BCUT2D eigenvalue weighted by Crippen LogP contribution is -2.27. The zero-order valence-corrected chi connectivity index (χ0v) is 12.8. The molecule has 0 aliphatic carbocycles. The van der Waals surface area contributed by atoms with Crippen LogP contribution in [0.5, 0.6) is 0 Å². The molecule has 2 aromatic rings. The lowest BCUT2D eigenvalue weighted by Gasteiger charge is -2.19. The van der Waals surface area contributed by atoms with Crippen LogP contribution >= 0.6 is 11.3 Å². The summed E-state index contributed by atoms with van der Waals surface area (Å²) in [7, 11) is -1.04. The average molecular weight is 293 g/mol. The zero-order valence-electron chi connectivity index (χ0n) is 11.2. The van der Waals surface area contributed by atoms with E-state index in [1.54, 1.807) is 0 Å². The van der Waals surface area contributed by atoms with E-state index in [1.807, 2.05) is 36.6 Å².